The van der Waals surface area contributed by atoms with Gasteiger partial charge in [-0.15, -0.1) is 0 Å². The van der Waals surface area contributed by atoms with Gasteiger partial charge in [0.2, 0.25) is 0 Å². The van der Waals surface area contributed by atoms with E-state index in [9.17, 15) is 9.59 Å². The first-order chi connectivity index (χ1) is 12.1. The second kappa shape index (κ2) is 7.99. The van der Waals surface area contributed by atoms with Gasteiger partial charge in [0.15, 0.2) is 0 Å². The van der Waals surface area contributed by atoms with Crippen molar-refractivity contribution in [2.75, 3.05) is 33.3 Å². The Hall–Kier alpha value is -1.89. The summed E-state index contributed by atoms with van der Waals surface area (Å²) < 4.78 is 4.99. The first-order valence-electron chi connectivity index (χ1n) is 7.99. The highest BCUT2D eigenvalue weighted by atomic mass is 35.5. The van der Waals surface area contributed by atoms with Gasteiger partial charge in [0.1, 0.15) is 6.04 Å². The zero-order valence-corrected chi connectivity index (χ0v) is 15.4. The van der Waals surface area contributed by atoms with Crippen LogP contribution in [0.25, 0.3) is 0 Å². The van der Waals surface area contributed by atoms with Gasteiger partial charge < -0.3 is 9.64 Å². The summed E-state index contributed by atoms with van der Waals surface area (Å²) in [6.45, 7) is 2.29. The molecule has 5 nitrogen and oxygen atoms in total. The van der Waals surface area contributed by atoms with Crippen molar-refractivity contribution in [2.45, 2.75) is 6.04 Å². The summed E-state index contributed by atoms with van der Waals surface area (Å²) in [4.78, 5) is 28.7. The molecule has 2 aromatic rings. The summed E-state index contributed by atoms with van der Waals surface area (Å²) in [7, 11) is 1.38. The topological polar surface area (TPSA) is 49.9 Å². The number of carbonyl (C=O) groups excluding carboxylic acids is 2. The van der Waals surface area contributed by atoms with Crippen molar-refractivity contribution in [3.63, 3.8) is 0 Å². The molecule has 25 heavy (non-hydrogen) atoms. The van der Waals surface area contributed by atoms with E-state index < -0.39 is 6.04 Å². The zero-order valence-electron chi connectivity index (χ0n) is 13.9. The number of esters is 1. The number of piperazine rings is 1. The Morgan fingerprint density at radius 1 is 1.16 bits per heavy atom. The first-order valence-corrected chi connectivity index (χ1v) is 9.31. The number of halogens is 1. The Bertz CT molecular complexity index is 743. The molecule has 0 N–H and O–H groups in total. The Labute approximate surface area is 155 Å². The molecule has 1 atom stereocenters. The molecule has 132 valence electrons. The lowest BCUT2D eigenvalue weighted by Gasteiger charge is -2.38. The summed E-state index contributed by atoms with van der Waals surface area (Å²) in [6, 6.07) is 8.57. The first kappa shape index (κ1) is 17.9. The third-order valence-corrected chi connectivity index (χ3v) is 5.39. The Balaban J connectivity index is 1.73. The third kappa shape index (κ3) is 3.86. The molecule has 2 heterocycles. The van der Waals surface area contributed by atoms with E-state index in [2.05, 4.69) is 0 Å². The minimum Gasteiger partial charge on any atom is -0.468 e. The smallest absolute Gasteiger partial charge is 0.327 e. The molecule has 1 aliphatic rings. The highest BCUT2D eigenvalue weighted by molar-refractivity contribution is 7.08. The molecular formula is C18H19ClN2O3S. The number of nitrogens with zero attached hydrogens (tertiary/aromatic N) is 2. The predicted molar refractivity (Wildman–Crippen MR) is 98.0 cm³/mol. The van der Waals surface area contributed by atoms with Gasteiger partial charge in [-0.05, 0) is 23.1 Å². The number of carbonyl (C=O) groups is 2. The summed E-state index contributed by atoms with van der Waals surface area (Å²) in [6.07, 6.45) is 0. The van der Waals surface area contributed by atoms with Crippen LogP contribution >= 0.6 is 22.9 Å². The normalized spacial score (nSPS) is 16.5. The van der Waals surface area contributed by atoms with Crippen molar-refractivity contribution in [2.24, 2.45) is 0 Å². The lowest BCUT2D eigenvalue weighted by Crippen LogP contribution is -2.51. The maximum atomic E-state index is 12.5. The fourth-order valence-corrected chi connectivity index (χ4v) is 3.90. The van der Waals surface area contributed by atoms with Crippen LogP contribution in [-0.2, 0) is 9.53 Å². The molecule has 1 aliphatic heterocycles. The minimum absolute atomic E-state index is 0.0354. The third-order valence-electron chi connectivity index (χ3n) is 4.36. The number of amides is 1. The van der Waals surface area contributed by atoms with Crippen LogP contribution in [0, 0.1) is 0 Å². The van der Waals surface area contributed by atoms with Crippen LogP contribution in [0.3, 0.4) is 0 Å². The highest BCUT2D eigenvalue weighted by Gasteiger charge is 2.33. The van der Waals surface area contributed by atoms with E-state index in [0.29, 0.717) is 36.8 Å². The summed E-state index contributed by atoms with van der Waals surface area (Å²) >= 11 is 7.80. The Kier molecular flexibility index (Phi) is 5.73. The van der Waals surface area contributed by atoms with E-state index in [1.165, 1.54) is 18.4 Å². The molecule has 0 saturated carbocycles. The molecule has 0 radical (unpaired) electrons. The minimum atomic E-state index is -0.558. The molecular weight excluding hydrogens is 360 g/mol. The monoisotopic (exact) mass is 378 g/mol. The van der Waals surface area contributed by atoms with E-state index in [4.69, 9.17) is 16.3 Å². The number of hydrogen-bond donors (Lipinski definition) is 0. The lowest BCUT2D eigenvalue weighted by molar-refractivity contribution is -0.148. The number of benzene rings is 1. The maximum Gasteiger partial charge on any atom is 0.327 e. The fourth-order valence-electron chi connectivity index (χ4n) is 3.03. The molecule has 1 saturated heterocycles. The van der Waals surface area contributed by atoms with Gasteiger partial charge in [-0.2, -0.15) is 11.3 Å². The summed E-state index contributed by atoms with van der Waals surface area (Å²) in [5.41, 5.74) is 1.45. The van der Waals surface area contributed by atoms with E-state index in [-0.39, 0.29) is 11.9 Å². The van der Waals surface area contributed by atoms with Crippen molar-refractivity contribution < 1.29 is 14.3 Å². The maximum absolute atomic E-state index is 12.5. The molecule has 1 aromatic heterocycles. The number of hydrogen-bond acceptors (Lipinski definition) is 5. The van der Waals surface area contributed by atoms with Crippen LogP contribution in [0.4, 0.5) is 0 Å². The van der Waals surface area contributed by atoms with Crippen LogP contribution in [-0.4, -0.2) is 55.0 Å². The predicted octanol–water partition coefficient (Wildman–Crippen LogP) is 3.07. The van der Waals surface area contributed by atoms with Crippen molar-refractivity contribution in [1.82, 2.24) is 9.80 Å². The van der Waals surface area contributed by atoms with Crippen LogP contribution in [0.15, 0.2) is 41.1 Å². The van der Waals surface area contributed by atoms with Gasteiger partial charge in [0.25, 0.3) is 5.91 Å². The molecule has 1 fully saturated rings. The van der Waals surface area contributed by atoms with E-state index in [0.717, 1.165) is 5.56 Å². The quantitative estimate of drug-likeness (QED) is 0.767. The lowest BCUT2D eigenvalue weighted by atomic mass is 10.0. The molecule has 1 unspecified atom stereocenters. The number of ether oxygens (including phenoxy) is 1. The van der Waals surface area contributed by atoms with E-state index in [1.807, 2.05) is 44.8 Å². The van der Waals surface area contributed by atoms with Crippen LogP contribution < -0.4 is 0 Å². The molecule has 7 heteroatoms. The van der Waals surface area contributed by atoms with Gasteiger partial charge in [-0.1, -0.05) is 29.8 Å². The van der Waals surface area contributed by atoms with Crippen LogP contribution in [0.1, 0.15) is 22.0 Å². The average Bonchev–Trinajstić information content (AvgIpc) is 3.18. The largest absolute Gasteiger partial charge is 0.468 e. The SMILES string of the molecule is COC(=O)C(c1ccccc1Cl)N1CCN(C(=O)c2ccsc2)CC1. The van der Waals surface area contributed by atoms with Crippen molar-refractivity contribution in [1.29, 1.82) is 0 Å². The van der Waals surface area contributed by atoms with Crippen molar-refractivity contribution >= 4 is 34.8 Å². The standard InChI is InChI=1S/C18H19ClN2O3S/c1-24-18(23)16(14-4-2-3-5-15(14)19)20-7-9-21(10-8-20)17(22)13-6-11-25-12-13/h2-6,11-12,16H,7-10H2,1H3. The second-order valence-electron chi connectivity index (χ2n) is 5.79. The average molecular weight is 379 g/mol. The van der Waals surface area contributed by atoms with Crippen LogP contribution in [0.5, 0.6) is 0 Å². The van der Waals surface area contributed by atoms with Crippen molar-refractivity contribution in [3.8, 4) is 0 Å². The van der Waals surface area contributed by atoms with Gasteiger partial charge in [0, 0.05) is 36.6 Å². The Morgan fingerprint density at radius 3 is 2.48 bits per heavy atom. The number of thiophene rings is 1. The molecule has 0 aliphatic carbocycles. The Morgan fingerprint density at radius 2 is 1.88 bits per heavy atom. The van der Waals surface area contributed by atoms with E-state index >= 15 is 0 Å². The van der Waals surface area contributed by atoms with Gasteiger partial charge in [-0.25, -0.2) is 4.79 Å². The van der Waals surface area contributed by atoms with Crippen LogP contribution in [0.2, 0.25) is 5.02 Å². The second-order valence-corrected chi connectivity index (χ2v) is 6.97. The van der Waals surface area contributed by atoms with Gasteiger partial charge >= 0.3 is 5.97 Å². The summed E-state index contributed by atoms with van der Waals surface area (Å²) in [5.74, 6) is -0.307. The van der Waals surface area contributed by atoms with Crippen molar-refractivity contribution in [3.05, 3.63) is 57.2 Å². The zero-order chi connectivity index (χ0) is 17.8. The molecule has 0 spiro atoms. The fraction of sp³-hybridized carbons (Fsp3) is 0.333. The summed E-state index contributed by atoms with van der Waals surface area (Å²) in [5, 5.41) is 4.29. The number of methoxy groups -OCH3 is 1. The molecule has 1 amide bonds. The molecule has 0 bridgehead atoms. The molecule has 3 rings (SSSR count). The van der Waals surface area contributed by atoms with E-state index in [1.54, 1.807) is 6.07 Å². The highest BCUT2D eigenvalue weighted by Crippen LogP contribution is 2.29. The van der Waals surface area contributed by atoms with Gasteiger partial charge in [0.05, 0.1) is 12.7 Å². The van der Waals surface area contributed by atoms with Gasteiger partial charge in [-0.3, -0.25) is 9.69 Å². The molecule has 1 aromatic carbocycles. The number of rotatable bonds is 4.